The molecule has 1 aliphatic heterocycles. The number of methoxy groups -OCH3 is 1. The second-order valence-corrected chi connectivity index (χ2v) is 8.48. The van der Waals surface area contributed by atoms with Crippen LogP contribution in [0, 0.1) is 0 Å². The Morgan fingerprint density at radius 3 is 2.55 bits per heavy atom. The highest BCUT2D eigenvalue weighted by atomic mass is 79.9. The van der Waals surface area contributed by atoms with Crippen LogP contribution in [0.15, 0.2) is 88.4 Å². The zero-order valence-corrected chi connectivity index (χ0v) is 19.6. The number of halogens is 1. The number of rotatable bonds is 4. The Labute approximate surface area is 199 Å². The molecule has 1 aromatic heterocycles. The number of amides is 1. The van der Waals surface area contributed by atoms with Gasteiger partial charge in [0, 0.05) is 27.9 Å². The van der Waals surface area contributed by atoms with Crippen molar-refractivity contribution < 1.29 is 14.3 Å². The SMILES string of the molecule is COc1ccc(Br)cc1C1=NN(C(C)=O)C(c2cc(-c3ccccc3)nc3ccccc23)O1. The van der Waals surface area contributed by atoms with Crippen molar-refractivity contribution in [3.63, 3.8) is 0 Å². The van der Waals surface area contributed by atoms with E-state index < -0.39 is 6.23 Å². The van der Waals surface area contributed by atoms with E-state index in [0.29, 0.717) is 17.2 Å². The van der Waals surface area contributed by atoms with Gasteiger partial charge in [0.1, 0.15) is 5.75 Å². The van der Waals surface area contributed by atoms with Crippen LogP contribution >= 0.6 is 15.9 Å². The van der Waals surface area contributed by atoms with Crippen molar-refractivity contribution in [1.82, 2.24) is 9.99 Å². The Balaban J connectivity index is 1.65. The van der Waals surface area contributed by atoms with Crippen LogP contribution < -0.4 is 4.74 Å². The molecule has 1 amide bonds. The second-order valence-electron chi connectivity index (χ2n) is 7.56. The molecule has 3 aromatic carbocycles. The lowest BCUT2D eigenvalue weighted by Crippen LogP contribution is -2.25. The number of aromatic nitrogens is 1. The summed E-state index contributed by atoms with van der Waals surface area (Å²) in [5.74, 6) is 0.687. The summed E-state index contributed by atoms with van der Waals surface area (Å²) >= 11 is 3.49. The number of ether oxygens (including phenoxy) is 2. The topological polar surface area (TPSA) is 64.0 Å². The Kier molecular flexibility index (Phi) is 5.56. The van der Waals surface area contributed by atoms with Gasteiger partial charge in [0.25, 0.3) is 0 Å². The van der Waals surface area contributed by atoms with Gasteiger partial charge in [-0.15, -0.1) is 5.10 Å². The maximum absolute atomic E-state index is 12.6. The third kappa shape index (κ3) is 3.96. The number of benzene rings is 3. The van der Waals surface area contributed by atoms with Crippen LogP contribution in [0.1, 0.15) is 24.3 Å². The first-order valence-corrected chi connectivity index (χ1v) is 11.2. The molecule has 0 fully saturated rings. The fourth-order valence-corrected chi connectivity index (χ4v) is 4.25. The van der Waals surface area contributed by atoms with Gasteiger partial charge < -0.3 is 9.47 Å². The van der Waals surface area contributed by atoms with E-state index >= 15 is 0 Å². The molecule has 0 saturated heterocycles. The maximum atomic E-state index is 12.6. The Morgan fingerprint density at radius 2 is 1.79 bits per heavy atom. The molecule has 0 spiro atoms. The summed E-state index contributed by atoms with van der Waals surface area (Å²) in [6, 6.07) is 25.3. The quantitative estimate of drug-likeness (QED) is 0.348. The van der Waals surface area contributed by atoms with Crippen molar-refractivity contribution in [1.29, 1.82) is 0 Å². The van der Waals surface area contributed by atoms with E-state index in [1.807, 2.05) is 78.9 Å². The number of fused-ring (bicyclic) bond motifs is 1. The summed E-state index contributed by atoms with van der Waals surface area (Å²) in [6.07, 6.45) is -0.739. The van der Waals surface area contributed by atoms with Crippen LogP contribution in [-0.2, 0) is 9.53 Å². The lowest BCUT2D eigenvalue weighted by Gasteiger charge is -2.21. The van der Waals surface area contributed by atoms with Crippen molar-refractivity contribution in [3.8, 4) is 17.0 Å². The minimum Gasteiger partial charge on any atom is -0.496 e. The van der Waals surface area contributed by atoms with Gasteiger partial charge in [-0.1, -0.05) is 64.5 Å². The van der Waals surface area contributed by atoms with Crippen molar-refractivity contribution >= 4 is 38.6 Å². The molecular weight excluding hydrogens is 482 g/mol. The number of pyridine rings is 1. The van der Waals surface area contributed by atoms with Crippen LogP contribution in [0.25, 0.3) is 22.2 Å². The normalized spacial score (nSPS) is 15.3. The molecule has 6 nitrogen and oxygen atoms in total. The van der Waals surface area contributed by atoms with Crippen molar-refractivity contribution in [2.45, 2.75) is 13.2 Å². The average Bonchev–Trinajstić information content (AvgIpc) is 3.29. The largest absolute Gasteiger partial charge is 0.496 e. The molecule has 0 bridgehead atoms. The third-order valence-electron chi connectivity index (χ3n) is 5.44. The predicted octanol–water partition coefficient (Wildman–Crippen LogP) is 5.91. The number of hydrogen-bond donors (Lipinski definition) is 0. The first kappa shape index (κ1) is 21.2. The lowest BCUT2D eigenvalue weighted by atomic mass is 10.0. The average molecular weight is 502 g/mol. The number of hydrogen-bond acceptors (Lipinski definition) is 5. The molecule has 1 unspecified atom stereocenters. The third-order valence-corrected chi connectivity index (χ3v) is 5.94. The van der Waals surface area contributed by atoms with Gasteiger partial charge in [0.2, 0.25) is 18.0 Å². The number of carbonyl (C=O) groups is 1. The summed E-state index contributed by atoms with van der Waals surface area (Å²) in [4.78, 5) is 17.4. The van der Waals surface area contributed by atoms with Gasteiger partial charge in [-0.2, -0.15) is 5.01 Å². The van der Waals surface area contributed by atoms with Crippen LogP contribution in [0.3, 0.4) is 0 Å². The van der Waals surface area contributed by atoms with Crippen LogP contribution in [-0.4, -0.2) is 28.9 Å². The zero-order valence-electron chi connectivity index (χ0n) is 18.0. The molecule has 7 heteroatoms. The van der Waals surface area contributed by atoms with Gasteiger partial charge in [-0.3, -0.25) is 4.79 Å². The predicted molar refractivity (Wildman–Crippen MR) is 131 cm³/mol. The van der Waals surface area contributed by atoms with E-state index in [2.05, 4.69) is 21.0 Å². The Morgan fingerprint density at radius 1 is 1.03 bits per heavy atom. The van der Waals surface area contributed by atoms with Gasteiger partial charge in [0.05, 0.1) is 23.9 Å². The molecule has 164 valence electrons. The summed E-state index contributed by atoms with van der Waals surface area (Å²) < 4.78 is 12.7. The molecule has 1 aliphatic rings. The second kappa shape index (κ2) is 8.67. The fourth-order valence-electron chi connectivity index (χ4n) is 3.89. The highest BCUT2D eigenvalue weighted by molar-refractivity contribution is 9.10. The Bertz CT molecular complexity index is 1390. The molecule has 0 aliphatic carbocycles. The standard InChI is InChI=1S/C26H20BrN3O3/c1-16(31)30-26(33-25(29-30)21-14-18(27)12-13-24(21)32-2)20-15-23(17-8-4-3-5-9-17)28-22-11-7-6-10-19(20)22/h3-15,26H,1-2H3. The number of hydrazone groups is 1. The molecule has 0 N–H and O–H groups in total. The molecule has 4 aromatic rings. The molecule has 5 rings (SSSR count). The first-order chi connectivity index (χ1) is 16.0. The van der Waals surface area contributed by atoms with E-state index in [4.69, 9.17) is 14.5 Å². The molecule has 33 heavy (non-hydrogen) atoms. The van der Waals surface area contributed by atoms with Crippen molar-refractivity contribution in [2.24, 2.45) is 5.10 Å². The summed E-state index contributed by atoms with van der Waals surface area (Å²) in [6.45, 7) is 1.47. The van der Waals surface area contributed by atoms with Crippen LogP contribution in [0.5, 0.6) is 5.75 Å². The van der Waals surface area contributed by atoms with Gasteiger partial charge in [0.15, 0.2) is 0 Å². The van der Waals surface area contributed by atoms with Crippen LogP contribution in [0.2, 0.25) is 0 Å². The molecule has 2 heterocycles. The molecular formula is C26H20BrN3O3. The van der Waals surface area contributed by atoms with Crippen molar-refractivity contribution in [2.75, 3.05) is 7.11 Å². The van der Waals surface area contributed by atoms with E-state index in [1.54, 1.807) is 7.11 Å². The van der Waals surface area contributed by atoms with E-state index in [1.165, 1.54) is 11.9 Å². The first-order valence-electron chi connectivity index (χ1n) is 10.4. The monoisotopic (exact) mass is 501 g/mol. The van der Waals surface area contributed by atoms with Crippen LogP contribution in [0.4, 0.5) is 0 Å². The number of carbonyl (C=O) groups excluding carboxylic acids is 1. The number of para-hydroxylation sites is 1. The van der Waals surface area contributed by atoms with Gasteiger partial charge >= 0.3 is 0 Å². The maximum Gasteiger partial charge on any atom is 0.244 e. The van der Waals surface area contributed by atoms with E-state index in [0.717, 1.165) is 32.2 Å². The zero-order chi connectivity index (χ0) is 22.9. The molecule has 0 saturated carbocycles. The fraction of sp³-hybridized carbons (Fsp3) is 0.115. The molecule has 1 atom stereocenters. The highest BCUT2D eigenvalue weighted by Crippen LogP contribution is 2.38. The Hall–Kier alpha value is -3.71. The summed E-state index contributed by atoms with van der Waals surface area (Å²) in [7, 11) is 1.59. The molecule has 0 radical (unpaired) electrons. The van der Waals surface area contributed by atoms with Gasteiger partial charge in [-0.05, 0) is 30.3 Å². The van der Waals surface area contributed by atoms with Gasteiger partial charge in [-0.25, -0.2) is 4.98 Å². The van der Waals surface area contributed by atoms with E-state index in [-0.39, 0.29) is 5.91 Å². The highest BCUT2D eigenvalue weighted by Gasteiger charge is 2.35. The van der Waals surface area contributed by atoms with Crippen molar-refractivity contribution in [3.05, 3.63) is 94.5 Å². The lowest BCUT2D eigenvalue weighted by molar-refractivity contribution is -0.135. The minimum atomic E-state index is -0.739. The van der Waals surface area contributed by atoms with E-state index in [9.17, 15) is 4.79 Å². The minimum absolute atomic E-state index is 0.230. The summed E-state index contributed by atoms with van der Waals surface area (Å²) in [5, 5.41) is 6.79. The number of nitrogens with zero attached hydrogens (tertiary/aromatic N) is 3. The summed E-state index contributed by atoms with van der Waals surface area (Å²) in [5.41, 5.74) is 4.05. The smallest absolute Gasteiger partial charge is 0.244 e.